The van der Waals surface area contributed by atoms with Crippen molar-refractivity contribution in [2.24, 2.45) is 0 Å². The molecule has 0 amide bonds. The zero-order chi connectivity index (χ0) is 14.9. The number of nitrogen functional groups attached to an aromatic ring is 1. The molecule has 0 aliphatic heterocycles. The van der Waals surface area contributed by atoms with Gasteiger partial charge >= 0.3 is 0 Å². The van der Waals surface area contributed by atoms with E-state index in [9.17, 15) is 12.8 Å². The summed E-state index contributed by atoms with van der Waals surface area (Å²) in [5.74, 6) is -0.493. The zero-order valence-electron chi connectivity index (χ0n) is 10.5. The molecule has 3 N–H and O–H groups in total. The fourth-order valence-corrected chi connectivity index (χ4v) is 3.24. The molecule has 0 heterocycles. The van der Waals surface area contributed by atoms with Crippen LogP contribution in [0.25, 0.3) is 0 Å². The Kier molecular flexibility index (Phi) is 3.87. The SMILES string of the molecule is Cc1cc(F)ccc1S(=O)(=O)Nc1ccc(Cl)cc1N. The first-order valence-corrected chi connectivity index (χ1v) is 7.50. The molecule has 4 nitrogen and oxygen atoms in total. The molecule has 7 heteroatoms. The highest BCUT2D eigenvalue weighted by Gasteiger charge is 2.18. The molecule has 0 unspecified atom stereocenters. The lowest BCUT2D eigenvalue weighted by atomic mass is 10.2. The Bertz CT molecular complexity index is 763. The highest BCUT2D eigenvalue weighted by atomic mass is 35.5. The normalized spacial score (nSPS) is 11.3. The lowest BCUT2D eigenvalue weighted by Crippen LogP contribution is -2.15. The molecule has 0 aliphatic rings. The summed E-state index contributed by atoms with van der Waals surface area (Å²) >= 11 is 5.75. The van der Waals surface area contributed by atoms with E-state index in [1.165, 1.54) is 31.2 Å². The fraction of sp³-hybridized carbons (Fsp3) is 0.0769. The largest absolute Gasteiger partial charge is 0.397 e. The maximum Gasteiger partial charge on any atom is 0.262 e. The van der Waals surface area contributed by atoms with Crippen LogP contribution >= 0.6 is 11.6 Å². The average molecular weight is 315 g/mol. The van der Waals surface area contributed by atoms with Gasteiger partial charge in [-0.1, -0.05) is 11.6 Å². The number of aryl methyl sites for hydroxylation is 1. The standard InChI is InChI=1S/C13H12ClFN2O2S/c1-8-6-10(15)3-5-13(8)20(18,19)17-12-4-2-9(14)7-11(12)16/h2-7,17H,16H2,1H3. The van der Waals surface area contributed by atoms with Crippen LogP contribution in [0.4, 0.5) is 15.8 Å². The van der Waals surface area contributed by atoms with E-state index in [0.29, 0.717) is 10.6 Å². The van der Waals surface area contributed by atoms with E-state index < -0.39 is 15.8 Å². The van der Waals surface area contributed by atoms with Crippen molar-refractivity contribution in [1.29, 1.82) is 0 Å². The van der Waals surface area contributed by atoms with Crippen molar-refractivity contribution < 1.29 is 12.8 Å². The van der Waals surface area contributed by atoms with Crippen LogP contribution in [-0.4, -0.2) is 8.42 Å². The quantitative estimate of drug-likeness (QED) is 0.855. The Hall–Kier alpha value is -1.79. The minimum Gasteiger partial charge on any atom is -0.397 e. The number of anilines is 2. The first-order valence-electron chi connectivity index (χ1n) is 5.63. The van der Waals surface area contributed by atoms with Gasteiger partial charge in [0.1, 0.15) is 5.82 Å². The molecule has 0 spiro atoms. The first-order chi connectivity index (χ1) is 9.29. The van der Waals surface area contributed by atoms with Gasteiger partial charge in [0, 0.05) is 5.02 Å². The van der Waals surface area contributed by atoms with Crippen molar-refractivity contribution in [3.8, 4) is 0 Å². The molecule has 0 atom stereocenters. The Morgan fingerprint density at radius 1 is 1.20 bits per heavy atom. The van der Waals surface area contributed by atoms with Crippen LogP contribution in [0.5, 0.6) is 0 Å². The third kappa shape index (κ3) is 3.02. The molecule has 20 heavy (non-hydrogen) atoms. The summed E-state index contributed by atoms with van der Waals surface area (Å²) in [6.45, 7) is 1.52. The zero-order valence-corrected chi connectivity index (χ0v) is 12.1. The van der Waals surface area contributed by atoms with E-state index in [1.807, 2.05) is 0 Å². The molecule has 0 bridgehead atoms. The Morgan fingerprint density at radius 2 is 1.90 bits per heavy atom. The van der Waals surface area contributed by atoms with Gasteiger partial charge in [-0.3, -0.25) is 4.72 Å². The maximum atomic E-state index is 13.0. The monoisotopic (exact) mass is 314 g/mol. The van der Waals surface area contributed by atoms with Gasteiger partial charge in [0.15, 0.2) is 0 Å². The molecule has 0 aromatic heterocycles. The lowest BCUT2D eigenvalue weighted by Gasteiger charge is -2.12. The summed E-state index contributed by atoms with van der Waals surface area (Å²) < 4.78 is 39.9. The van der Waals surface area contributed by atoms with Crippen LogP contribution in [0.3, 0.4) is 0 Å². The number of nitrogens with two attached hydrogens (primary N) is 1. The lowest BCUT2D eigenvalue weighted by molar-refractivity contribution is 0.598. The van der Waals surface area contributed by atoms with E-state index in [0.717, 1.165) is 12.1 Å². The van der Waals surface area contributed by atoms with Gasteiger partial charge in [0.2, 0.25) is 0 Å². The second kappa shape index (κ2) is 5.30. The number of benzene rings is 2. The van der Waals surface area contributed by atoms with Crippen molar-refractivity contribution in [1.82, 2.24) is 0 Å². The highest BCUT2D eigenvalue weighted by molar-refractivity contribution is 7.92. The van der Waals surface area contributed by atoms with Crippen LogP contribution in [0.2, 0.25) is 5.02 Å². The van der Waals surface area contributed by atoms with E-state index in [4.69, 9.17) is 17.3 Å². The number of nitrogens with one attached hydrogen (secondary N) is 1. The molecular weight excluding hydrogens is 303 g/mol. The summed E-state index contributed by atoms with van der Waals surface area (Å²) in [6, 6.07) is 7.88. The van der Waals surface area contributed by atoms with Crippen LogP contribution in [-0.2, 0) is 10.0 Å². The molecule has 0 saturated heterocycles. The number of sulfonamides is 1. The van der Waals surface area contributed by atoms with E-state index in [2.05, 4.69) is 4.72 Å². The maximum absolute atomic E-state index is 13.0. The molecule has 2 aromatic carbocycles. The molecule has 0 radical (unpaired) electrons. The van der Waals surface area contributed by atoms with Gasteiger partial charge < -0.3 is 5.73 Å². The third-order valence-electron chi connectivity index (χ3n) is 2.68. The second-order valence-corrected chi connectivity index (χ2v) is 6.33. The van der Waals surface area contributed by atoms with Crippen LogP contribution in [0.1, 0.15) is 5.56 Å². The fourth-order valence-electron chi connectivity index (χ4n) is 1.74. The summed E-state index contributed by atoms with van der Waals surface area (Å²) in [7, 11) is -3.84. The van der Waals surface area contributed by atoms with Crippen molar-refractivity contribution in [3.63, 3.8) is 0 Å². The van der Waals surface area contributed by atoms with Crippen molar-refractivity contribution >= 4 is 33.0 Å². The van der Waals surface area contributed by atoms with Gasteiger partial charge in [-0.05, 0) is 48.9 Å². The third-order valence-corrected chi connectivity index (χ3v) is 4.45. The van der Waals surface area contributed by atoms with Gasteiger partial charge in [-0.15, -0.1) is 0 Å². The summed E-state index contributed by atoms with van der Waals surface area (Å²) in [4.78, 5) is -0.00625. The summed E-state index contributed by atoms with van der Waals surface area (Å²) in [5, 5.41) is 0.406. The van der Waals surface area contributed by atoms with Gasteiger partial charge in [-0.25, -0.2) is 12.8 Å². The van der Waals surface area contributed by atoms with Gasteiger partial charge in [0.25, 0.3) is 10.0 Å². The second-order valence-electron chi connectivity index (χ2n) is 4.25. The Labute approximate surface area is 121 Å². The first kappa shape index (κ1) is 14.6. The molecule has 2 rings (SSSR count). The van der Waals surface area contributed by atoms with Crippen LogP contribution in [0.15, 0.2) is 41.3 Å². The van der Waals surface area contributed by atoms with E-state index in [1.54, 1.807) is 0 Å². The molecular formula is C13H12ClFN2O2S. The van der Waals surface area contributed by atoms with Crippen LogP contribution in [0, 0.1) is 12.7 Å². The predicted molar refractivity (Wildman–Crippen MR) is 77.8 cm³/mol. The number of rotatable bonds is 3. The Balaban J connectivity index is 2.41. The molecule has 106 valence electrons. The minimum absolute atomic E-state index is 0.00625. The molecule has 0 fully saturated rings. The topological polar surface area (TPSA) is 72.2 Å². The Morgan fingerprint density at radius 3 is 2.50 bits per heavy atom. The molecule has 0 aliphatic carbocycles. The van der Waals surface area contributed by atoms with Crippen molar-refractivity contribution in [2.45, 2.75) is 11.8 Å². The molecule has 2 aromatic rings. The van der Waals surface area contributed by atoms with Gasteiger partial charge in [-0.2, -0.15) is 0 Å². The summed E-state index contributed by atoms with van der Waals surface area (Å²) in [5.41, 5.74) is 6.44. The smallest absolute Gasteiger partial charge is 0.262 e. The predicted octanol–water partition coefficient (Wildman–Crippen LogP) is 3.17. The number of hydrogen-bond acceptors (Lipinski definition) is 3. The highest BCUT2D eigenvalue weighted by Crippen LogP contribution is 2.26. The molecule has 0 saturated carbocycles. The average Bonchev–Trinajstić information content (AvgIpc) is 2.32. The van der Waals surface area contributed by atoms with E-state index >= 15 is 0 Å². The van der Waals surface area contributed by atoms with Crippen molar-refractivity contribution in [3.05, 3.63) is 52.8 Å². The van der Waals surface area contributed by atoms with Gasteiger partial charge in [0.05, 0.1) is 16.3 Å². The number of halogens is 2. The van der Waals surface area contributed by atoms with Crippen LogP contribution < -0.4 is 10.5 Å². The summed E-state index contributed by atoms with van der Waals surface area (Å²) in [6.07, 6.45) is 0. The van der Waals surface area contributed by atoms with E-state index in [-0.39, 0.29) is 16.3 Å². The number of hydrogen-bond donors (Lipinski definition) is 2. The minimum atomic E-state index is -3.84. The van der Waals surface area contributed by atoms with Crippen molar-refractivity contribution in [2.75, 3.05) is 10.5 Å².